The molecule has 2 rings (SSSR count). The van der Waals surface area contributed by atoms with Crippen LogP contribution in [0.4, 0.5) is 0 Å². The molecule has 2 aromatic rings. The lowest BCUT2D eigenvalue weighted by atomic mass is 9.99. The summed E-state index contributed by atoms with van der Waals surface area (Å²) in [6, 6.07) is 5.96. The summed E-state index contributed by atoms with van der Waals surface area (Å²) < 4.78 is 0. The van der Waals surface area contributed by atoms with Gasteiger partial charge < -0.3 is 0 Å². The van der Waals surface area contributed by atoms with Gasteiger partial charge in [-0.15, -0.1) is 0 Å². The molecule has 0 saturated heterocycles. The second kappa shape index (κ2) is 4.63. The zero-order chi connectivity index (χ0) is 12.6. The molecule has 0 aliphatic heterocycles. The molecule has 0 unspecified atom stereocenters. The molecular formula is C13H12Cl2N2. The van der Waals surface area contributed by atoms with E-state index in [4.69, 9.17) is 23.2 Å². The van der Waals surface area contributed by atoms with Gasteiger partial charge in [-0.05, 0) is 55.1 Å². The van der Waals surface area contributed by atoms with Crippen molar-refractivity contribution in [3.63, 3.8) is 0 Å². The van der Waals surface area contributed by atoms with Crippen LogP contribution < -0.4 is 0 Å². The van der Waals surface area contributed by atoms with Crippen LogP contribution in [-0.4, -0.2) is 9.97 Å². The summed E-state index contributed by atoms with van der Waals surface area (Å²) in [5.74, 6) is 0. The Balaban J connectivity index is 2.64. The molecule has 1 heterocycles. The Bertz CT molecular complexity index is 560. The van der Waals surface area contributed by atoms with Gasteiger partial charge in [-0.1, -0.05) is 17.7 Å². The minimum atomic E-state index is 0.171. The lowest BCUT2D eigenvalue weighted by Crippen LogP contribution is -1.93. The SMILES string of the molecule is Cc1cc(C)c(-c2cc(Cl)nc(Cl)n2)cc1C. The minimum absolute atomic E-state index is 0.171. The van der Waals surface area contributed by atoms with Crippen LogP contribution in [0.2, 0.25) is 10.4 Å². The molecule has 0 spiro atoms. The van der Waals surface area contributed by atoms with E-state index in [1.54, 1.807) is 6.07 Å². The standard InChI is InChI=1S/C13H12Cl2N2/c1-7-4-9(3)10(5-8(7)2)11-6-12(14)17-13(15)16-11/h4-6H,1-3H3. The largest absolute Gasteiger partial charge is 0.224 e. The van der Waals surface area contributed by atoms with Crippen LogP contribution in [0, 0.1) is 20.8 Å². The van der Waals surface area contributed by atoms with E-state index in [0.29, 0.717) is 5.15 Å². The maximum Gasteiger partial charge on any atom is 0.224 e. The van der Waals surface area contributed by atoms with Crippen molar-refractivity contribution in [2.24, 2.45) is 0 Å². The molecule has 0 atom stereocenters. The number of rotatable bonds is 1. The van der Waals surface area contributed by atoms with Crippen LogP contribution in [0.15, 0.2) is 18.2 Å². The summed E-state index contributed by atoms with van der Waals surface area (Å²) in [5, 5.41) is 0.530. The topological polar surface area (TPSA) is 25.8 Å². The summed E-state index contributed by atoms with van der Waals surface area (Å²) in [4.78, 5) is 8.05. The number of aryl methyl sites for hydroxylation is 3. The normalized spacial score (nSPS) is 10.6. The van der Waals surface area contributed by atoms with Crippen LogP contribution >= 0.6 is 23.2 Å². The van der Waals surface area contributed by atoms with Gasteiger partial charge in [0.1, 0.15) is 5.15 Å². The first-order valence-electron chi connectivity index (χ1n) is 5.25. The van der Waals surface area contributed by atoms with Crippen molar-refractivity contribution < 1.29 is 0 Å². The average Bonchev–Trinajstić information content (AvgIpc) is 2.22. The third-order valence-corrected chi connectivity index (χ3v) is 3.15. The molecule has 4 heteroatoms. The van der Waals surface area contributed by atoms with E-state index in [1.165, 1.54) is 11.1 Å². The maximum absolute atomic E-state index is 5.89. The molecule has 2 nitrogen and oxygen atoms in total. The zero-order valence-electron chi connectivity index (χ0n) is 9.88. The fraction of sp³-hybridized carbons (Fsp3) is 0.231. The molecule has 0 aliphatic carbocycles. The minimum Gasteiger partial charge on any atom is -0.218 e. The molecular weight excluding hydrogens is 255 g/mol. The first kappa shape index (κ1) is 12.3. The van der Waals surface area contributed by atoms with Gasteiger partial charge >= 0.3 is 0 Å². The van der Waals surface area contributed by atoms with Crippen molar-refractivity contribution in [3.05, 3.63) is 45.3 Å². The van der Waals surface area contributed by atoms with Crippen molar-refractivity contribution in [3.8, 4) is 11.3 Å². The second-order valence-electron chi connectivity index (χ2n) is 4.10. The number of aromatic nitrogens is 2. The van der Waals surface area contributed by atoms with E-state index in [0.717, 1.165) is 16.8 Å². The fourth-order valence-electron chi connectivity index (χ4n) is 1.76. The van der Waals surface area contributed by atoms with E-state index in [1.807, 2.05) is 6.92 Å². The van der Waals surface area contributed by atoms with E-state index in [2.05, 4.69) is 35.9 Å². The van der Waals surface area contributed by atoms with Gasteiger partial charge in [-0.3, -0.25) is 0 Å². The molecule has 0 aliphatic rings. The van der Waals surface area contributed by atoms with Gasteiger partial charge in [0.15, 0.2) is 0 Å². The van der Waals surface area contributed by atoms with Crippen LogP contribution in [0.5, 0.6) is 0 Å². The van der Waals surface area contributed by atoms with Crippen molar-refractivity contribution in [1.82, 2.24) is 9.97 Å². The number of nitrogens with zero attached hydrogens (tertiary/aromatic N) is 2. The third kappa shape index (κ3) is 2.59. The Morgan fingerprint density at radius 3 is 2.12 bits per heavy atom. The highest BCUT2D eigenvalue weighted by molar-refractivity contribution is 6.32. The predicted octanol–water partition coefficient (Wildman–Crippen LogP) is 4.38. The molecule has 0 fully saturated rings. The number of halogens is 2. The first-order chi connectivity index (χ1) is 7.97. The monoisotopic (exact) mass is 266 g/mol. The highest BCUT2D eigenvalue weighted by atomic mass is 35.5. The molecule has 0 amide bonds. The van der Waals surface area contributed by atoms with Gasteiger partial charge in [-0.25, -0.2) is 9.97 Å². The van der Waals surface area contributed by atoms with Crippen LogP contribution in [0.25, 0.3) is 11.3 Å². The molecule has 0 N–H and O–H groups in total. The molecule has 17 heavy (non-hydrogen) atoms. The van der Waals surface area contributed by atoms with E-state index in [9.17, 15) is 0 Å². The quantitative estimate of drug-likeness (QED) is 0.566. The third-order valence-electron chi connectivity index (χ3n) is 2.78. The highest BCUT2D eigenvalue weighted by Gasteiger charge is 2.08. The van der Waals surface area contributed by atoms with E-state index in [-0.39, 0.29) is 5.28 Å². The number of benzene rings is 1. The number of hydrogen-bond acceptors (Lipinski definition) is 2. The molecule has 0 bridgehead atoms. The summed E-state index contributed by atoms with van der Waals surface area (Å²) in [7, 11) is 0. The Kier molecular flexibility index (Phi) is 3.36. The lowest BCUT2D eigenvalue weighted by molar-refractivity contribution is 1.16. The van der Waals surface area contributed by atoms with Crippen molar-refractivity contribution >= 4 is 23.2 Å². The Hall–Kier alpha value is -1.12. The lowest BCUT2D eigenvalue weighted by Gasteiger charge is -2.09. The van der Waals surface area contributed by atoms with Crippen molar-refractivity contribution in [2.75, 3.05) is 0 Å². The highest BCUT2D eigenvalue weighted by Crippen LogP contribution is 2.27. The smallest absolute Gasteiger partial charge is 0.218 e. The first-order valence-corrected chi connectivity index (χ1v) is 6.01. The Morgan fingerprint density at radius 1 is 0.824 bits per heavy atom. The Labute approximate surface area is 111 Å². The van der Waals surface area contributed by atoms with Gasteiger partial charge in [0.25, 0.3) is 0 Å². The van der Waals surface area contributed by atoms with Crippen LogP contribution in [0.3, 0.4) is 0 Å². The summed E-state index contributed by atoms with van der Waals surface area (Å²) in [5.41, 5.74) is 5.43. The van der Waals surface area contributed by atoms with E-state index < -0.39 is 0 Å². The van der Waals surface area contributed by atoms with Gasteiger partial charge in [-0.2, -0.15) is 0 Å². The van der Waals surface area contributed by atoms with Crippen molar-refractivity contribution in [1.29, 1.82) is 0 Å². The van der Waals surface area contributed by atoms with Gasteiger partial charge in [0, 0.05) is 11.6 Å². The summed E-state index contributed by atoms with van der Waals surface area (Å²) in [6.07, 6.45) is 0. The second-order valence-corrected chi connectivity index (χ2v) is 4.82. The Morgan fingerprint density at radius 2 is 1.47 bits per heavy atom. The van der Waals surface area contributed by atoms with Crippen molar-refractivity contribution in [2.45, 2.75) is 20.8 Å². The average molecular weight is 267 g/mol. The molecule has 1 aromatic heterocycles. The fourth-order valence-corrected chi connectivity index (χ4v) is 2.17. The van der Waals surface area contributed by atoms with Crippen LogP contribution in [0.1, 0.15) is 16.7 Å². The number of hydrogen-bond donors (Lipinski definition) is 0. The summed E-state index contributed by atoms with van der Waals surface area (Å²) >= 11 is 11.7. The molecule has 0 saturated carbocycles. The zero-order valence-corrected chi connectivity index (χ0v) is 11.4. The van der Waals surface area contributed by atoms with E-state index >= 15 is 0 Å². The molecule has 0 radical (unpaired) electrons. The molecule has 1 aromatic carbocycles. The summed E-state index contributed by atoms with van der Waals surface area (Å²) in [6.45, 7) is 6.21. The predicted molar refractivity (Wildman–Crippen MR) is 71.7 cm³/mol. The van der Waals surface area contributed by atoms with Crippen LogP contribution in [-0.2, 0) is 0 Å². The maximum atomic E-state index is 5.89. The molecule has 88 valence electrons. The van der Waals surface area contributed by atoms with Gasteiger partial charge in [0.05, 0.1) is 5.69 Å². The van der Waals surface area contributed by atoms with Gasteiger partial charge in [0.2, 0.25) is 5.28 Å².